The Labute approximate surface area is 98.2 Å². The predicted octanol–water partition coefficient (Wildman–Crippen LogP) is 3.02. The van der Waals surface area contributed by atoms with E-state index in [1.807, 2.05) is 18.2 Å². The van der Waals surface area contributed by atoms with Crippen LogP contribution in [0.1, 0.15) is 25.3 Å². The topological polar surface area (TPSA) is 33.1 Å². The lowest BCUT2D eigenvalue weighted by atomic mass is 9.82. The molecular formula is C12H14BrNO. The Morgan fingerprint density at radius 2 is 2.40 bits per heavy atom. The normalized spacial score (nSPS) is 30.5. The summed E-state index contributed by atoms with van der Waals surface area (Å²) in [5.41, 5.74) is 0.00715. The summed E-state index contributed by atoms with van der Waals surface area (Å²) >= 11 is 3.38. The Morgan fingerprint density at radius 1 is 1.60 bits per heavy atom. The van der Waals surface area contributed by atoms with E-state index in [-0.39, 0.29) is 0 Å². The second kappa shape index (κ2) is 4.06. The minimum atomic E-state index is -0.848. The van der Waals surface area contributed by atoms with E-state index < -0.39 is 5.60 Å². The van der Waals surface area contributed by atoms with Crippen molar-refractivity contribution in [2.24, 2.45) is 5.92 Å². The van der Waals surface area contributed by atoms with Crippen LogP contribution in [0.25, 0.3) is 0 Å². The molecule has 3 heteroatoms. The number of hydrogen-bond acceptors (Lipinski definition) is 2. The lowest BCUT2D eigenvalue weighted by Gasteiger charge is -2.30. The highest BCUT2D eigenvalue weighted by molar-refractivity contribution is 9.10. The minimum Gasteiger partial charge on any atom is -0.381 e. The number of aromatic nitrogens is 1. The van der Waals surface area contributed by atoms with Crippen LogP contribution in [0.3, 0.4) is 0 Å². The largest absolute Gasteiger partial charge is 0.381 e. The van der Waals surface area contributed by atoms with Gasteiger partial charge in [-0.2, -0.15) is 0 Å². The van der Waals surface area contributed by atoms with Gasteiger partial charge in [0.25, 0.3) is 0 Å². The maximum Gasteiger partial charge on any atom is 0.112 e. The Balaban J connectivity index is 2.38. The molecule has 1 aromatic heterocycles. The lowest BCUT2D eigenvalue weighted by molar-refractivity contribution is 0.0662. The van der Waals surface area contributed by atoms with Gasteiger partial charge in [0, 0.05) is 11.8 Å². The molecule has 15 heavy (non-hydrogen) atoms. The summed E-state index contributed by atoms with van der Waals surface area (Å²) in [4.78, 5) is 4.14. The fourth-order valence-corrected chi connectivity index (χ4v) is 2.48. The van der Waals surface area contributed by atoms with Gasteiger partial charge in [-0.1, -0.05) is 25.1 Å². The fourth-order valence-electron chi connectivity index (χ4n) is 1.88. The van der Waals surface area contributed by atoms with Crippen LogP contribution in [-0.2, 0) is 5.60 Å². The van der Waals surface area contributed by atoms with Gasteiger partial charge >= 0.3 is 0 Å². The van der Waals surface area contributed by atoms with Crippen molar-refractivity contribution in [2.45, 2.75) is 25.4 Å². The third kappa shape index (κ3) is 2.13. The number of rotatable bonds is 1. The van der Waals surface area contributed by atoms with Gasteiger partial charge in [-0.3, -0.25) is 0 Å². The molecule has 1 aromatic rings. The number of halogens is 1. The van der Waals surface area contributed by atoms with Crippen LogP contribution in [0.2, 0.25) is 0 Å². The van der Waals surface area contributed by atoms with Crippen molar-refractivity contribution in [3.8, 4) is 0 Å². The van der Waals surface area contributed by atoms with Crippen molar-refractivity contribution in [3.63, 3.8) is 0 Å². The Bertz CT molecular complexity index is 391. The second-order valence-corrected chi connectivity index (χ2v) is 4.89. The molecule has 1 N–H and O–H groups in total. The summed E-state index contributed by atoms with van der Waals surface area (Å²) in [7, 11) is 0. The summed E-state index contributed by atoms with van der Waals surface area (Å²) < 4.78 is 0.728. The van der Waals surface area contributed by atoms with Crippen molar-refractivity contribution in [3.05, 3.63) is 40.6 Å². The van der Waals surface area contributed by atoms with Crippen molar-refractivity contribution < 1.29 is 5.11 Å². The first-order valence-electron chi connectivity index (χ1n) is 5.14. The third-order valence-corrected chi connectivity index (χ3v) is 3.54. The van der Waals surface area contributed by atoms with E-state index >= 15 is 0 Å². The van der Waals surface area contributed by atoms with Crippen LogP contribution in [0.15, 0.2) is 35.1 Å². The van der Waals surface area contributed by atoms with Gasteiger partial charge in [0.2, 0.25) is 0 Å². The molecule has 0 fully saturated rings. The average Bonchev–Trinajstić information content (AvgIpc) is 2.23. The molecule has 2 nitrogen and oxygen atoms in total. The van der Waals surface area contributed by atoms with Crippen LogP contribution in [0.5, 0.6) is 0 Å². The maximum atomic E-state index is 10.5. The molecule has 0 saturated heterocycles. The molecule has 1 aliphatic rings. The first-order chi connectivity index (χ1) is 7.12. The van der Waals surface area contributed by atoms with E-state index in [2.05, 4.69) is 33.9 Å². The van der Waals surface area contributed by atoms with E-state index in [4.69, 9.17) is 0 Å². The van der Waals surface area contributed by atoms with Gasteiger partial charge in [0.15, 0.2) is 0 Å². The molecule has 0 saturated carbocycles. The zero-order chi connectivity index (χ0) is 10.9. The van der Waals surface area contributed by atoms with E-state index in [0.29, 0.717) is 5.92 Å². The Hall–Kier alpha value is -0.670. The monoisotopic (exact) mass is 267 g/mol. The number of nitrogens with zero attached hydrogens (tertiary/aromatic N) is 1. The predicted molar refractivity (Wildman–Crippen MR) is 63.4 cm³/mol. The van der Waals surface area contributed by atoms with E-state index in [9.17, 15) is 5.11 Å². The average molecular weight is 268 g/mol. The Morgan fingerprint density at radius 3 is 3.00 bits per heavy atom. The van der Waals surface area contributed by atoms with Gasteiger partial charge in [-0.15, -0.1) is 0 Å². The molecule has 2 unspecified atom stereocenters. The SMILES string of the molecule is CC1C=CC(O)(c2cccnc2Br)CC1. The van der Waals surface area contributed by atoms with Crippen LogP contribution in [-0.4, -0.2) is 10.1 Å². The molecule has 0 aliphatic heterocycles. The van der Waals surface area contributed by atoms with Gasteiger partial charge in [-0.05, 0) is 40.8 Å². The zero-order valence-corrected chi connectivity index (χ0v) is 10.2. The maximum absolute atomic E-state index is 10.5. The first-order valence-corrected chi connectivity index (χ1v) is 5.94. The summed E-state index contributed by atoms with van der Waals surface area (Å²) in [6.45, 7) is 2.16. The second-order valence-electron chi connectivity index (χ2n) is 4.14. The molecule has 0 amide bonds. The highest BCUT2D eigenvalue weighted by Gasteiger charge is 2.31. The van der Waals surface area contributed by atoms with Gasteiger partial charge in [0.05, 0.1) is 0 Å². The standard InChI is InChI=1S/C12H14BrNO/c1-9-4-6-12(15,7-5-9)10-3-2-8-14-11(10)13/h2-4,6,8-9,15H,5,7H2,1H3. The van der Waals surface area contributed by atoms with E-state index in [1.54, 1.807) is 6.20 Å². The highest BCUT2D eigenvalue weighted by Crippen LogP contribution is 2.36. The third-order valence-electron chi connectivity index (χ3n) is 2.91. The van der Waals surface area contributed by atoms with Crippen LogP contribution >= 0.6 is 15.9 Å². The lowest BCUT2D eigenvalue weighted by Crippen LogP contribution is -2.27. The highest BCUT2D eigenvalue weighted by atomic mass is 79.9. The molecular weight excluding hydrogens is 254 g/mol. The minimum absolute atomic E-state index is 0.556. The van der Waals surface area contributed by atoms with Gasteiger partial charge < -0.3 is 5.11 Å². The fraction of sp³-hybridized carbons (Fsp3) is 0.417. The number of allylic oxidation sites excluding steroid dienone is 1. The quantitative estimate of drug-likeness (QED) is 0.627. The van der Waals surface area contributed by atoms with Crippen molar-refractivity contribution in [2.75, 3.05) is 0 Å². The summed E-state index contributed by atoms with van der Waals surface area (Å²) in [6.07, 6.45) is 7.45. The van der Waals surface area contributed by atoms with Crippen LogP contribution < -0.4 is 0 Å². The molecule has 0 aromatic carbocycles. The molecule has 2 atom stereocenters. The number of pyridine rings is 1. The molecule has 0 radical (unpaired) electrons. The van der Waals surface area contributed by atoms with Gasteiger partial charge in [0.1, 0.15) is 10.2 Å². The molecule has 0 bridgehead atoms. The summed E-state index contributed by atoms with van der Waals surface area (Å²) in [6, 6.07) is 3.77. The number of aliphatic hydroxyl groups is 1. The van der Waals surface area contributed by atoms with Crippen molar-refractivity contribution >= 4 is 15.9 Å². The van der Waals surface area contributed by atoms with Crippen molar-refractivity contribution in [1.29, 1.82) is 0 Å². The molecule has 0 spiro atoms. The molecule has 1 aliphatic carbocycles. The number of hydrogen-bond donors (Lipinski definition) is 1. The molecule has 2 rings (SSSR count). The van der Waals surface area contributed by atoms with Gasteiger partial charge in [-0.25, -0.2) is 4.98 Å². The molecule has 80 valence electrons. The molecule has 1 heterocycles. The first kappa shape index (κ1) is 10.8. The Kier molecular flexibility index (Phi) is 2.94. The summed E-state index contributed by atoms with van der Waals surface area (Å²) in [5.74, 6) is 0.556. The zero-order valence-electron chi connectivity index (χ0n) is 8.65. The van der Waals surface area contributed by atoms with Crippen molar-refractivity contribution in [1.82, 2.24) is 4.98 Å². The van der Waals surface area contributed by atoms with E-state index in [0.717, 1.165) is 23.0 Å². The van der Waals surface area contributed by atoms with Crippen LogP contribution in [0.4, 0.5) is 0 Å². The van der Waals surface area contributed by atoms with Crippen LogP contribution in [0, 0.1) is 5.92 Å². The smallest absolute Gasteiger partial charge is 0.112 e. The summed E-state index contributed by atoms with van der Waals surface area (Å²) in [5, 5.41) is 10.5. The van der Waals surface area contributed by atoms with E-state index in [1.165, 1.54) is 0 Å².